The molecule has 0 radical (unpaired) electrons. The molecular formula is C15H16FN3O. The van der Waals surface area contributed by atoms with Crippen molar-refractivity contribution in [2.45, 2.75) is 31.8 Å². The number of fused-ring (bicyclic) bond motifs is 1. The van der Waals surface area contributed by atoms with Gasteiger partial charge in [0.15, 0.2) is 0 Å². The molecule has 5 heteroatoms. The first-order valence-electron chi connectivity index (χ1n) is 6.78. The number of hydrogen-bond acceptors (Lipinski definition) is 2. The van der Waals surface area contributed by atoms with Crippen molar-refractivity contribution in [3.63, 3.8) is 0 Å². The lowest BCUT2D eigenvalue weighted by Crippen LogP contribution is -2.28. The summed E-state index contributed by atoms with van der Waals surface area (Å²) in [5.74, 6) is -0.196. The smallest absolute Gasteiger partial charge is 0.222 e. The molecule has 1 atom stereocenters. The van der Waals surface area contributed by atoms with Crippen molar-refractivity contribution >= 4 is 5.91 Å². The van der Waals surface area contributed by atoms with Crippen LogP contribution in [0.5, 0.6) is 0 Å². The summed E-state index contributed by atoms with van der Waals surface area (Å²) >= 11 is 0. The topological polar surface area (TPSA) is 46.9 Å². The van der Waals surface area contributed by atoms with Gasteiger partial charge >= 0.3 is 0 Å². The number of benzene rings is 1. The maximum atomic E-state index is 13.6. The minimum absolute atomic E-state index is 0.0254. The van der Waals surface area contributed by atoms with Crippen LogP contribution in [-0.4, -0.2) is 15.7 Å². The Morgan fingerprint density at radius 2 is 2.35 bits per heavy atom. The van der Waals surface area contributed by atoms with Crippen molar-refractivity contribution < 1.29 is 9.18 Å². The van der Waals surface area contributed by atoms with Gasteiger partial charge < -0.3 is 5.32 Å². The molecule has 1 aromatic heterocycles. The number of halogens is 1. The third kappa shape index (κ3) is 2.57. The van der Waals surface area contributed by atoms with Crippen LogP contribution in [0.3, 0.4) is 0 Å². The van der Waals surface area contributed by atoms with Crippen molar-refractivity contribution in [1.29, 1.82) is 0 Å². The van der Waals surface area contributed by atoms with Crippen molar-refractivity contribution in [3.8, 4) is 0 Å². The zero-order chi connectivity index (χ0) is 13.9. The van der Waals surface area contributed by atoms with Crippen molar-refractivity contribution in [3.05, 3.63) is 53.6 Å². The first kappa shape index (κ1) is 12.8. The van der Waals surface area contributed by atoms with Crippen molar-refractivity contribution in [2.24, 2.45) is 0 Å². The van der Waals surface area contributed by atoms with Gasteiger partial charge in [0.2, 0.25) is 5.91 Å². The van der Waals surface area contributed by atoms with Crippen LogP contribution in [-0.2, 0) is 17.8 Å². The number of carbonyl (C=O) groups is 1. The normalized spacial score (nSPS) is 16.9. The Hall–Kier alpha value is -2.17. The van der Waals surface area contributed by atoms with E-state index >= 15 is 0 Å². The SMILES string of the molecule is O=C(CCn1cccn1)NC1CCc2c(F)cccc21. The summed E-state index contributed by atoms with van der Waals surface area (Å²) in [6.07, 6.45) is 5.35. The largest absolute Gasteiger partial charge is 0.349 e. The molecular weight excluding hydrogens is 257 g/mol. The molecule has 1 aliphatic rings. The Kier molecular flexibility index (Phi) is 3.50. The van der Waals surface area contributed by atoms with E-state index in [4.69, 9.17) is 0 Å². The fourth-order valence-electron chi connectivity index (χ4n) is 2.67. The van der Waals surface area contributed by atoms with Crippen LogP contribution in [0, 0.1) is 5.82 Å². The number of aromatic nitrogens is 2. The molecule has 0 spiro atoms. The summed E-state index contributed by atoms with van der Waals surface area (Å²) in [7, 11) is 0. The maximum absolute atomic E-state index is 13.6. The maximum Gasteiger partial charge on any atom is 0.222 e. The fourth-order valence-corrected chi connectivity index (χ4v) is 2.67. The Balaban J connectivity index is 1.60. The number of nitrogens with one attached hydrogen (secondary N) is 1. The molecule has 1 N–H and O–H groups in total. The van der Waals surface area contributed by atoms with Crippen LogP contribution in [0.25, 0.3) is 0 Å². The number of carbonyl (C=O) groups excluding carboxylic acids is 1. The highest BCUT2D eigenvalue weighted by molar-refractivity contribution is 5.76. The number of aryl methyl sites for hydroxylation is 1. The Labute approximate surface area is 116 Å². The van der Waals surface area contributed by atoms with Crippen LogP contribution in [0.4, 0.5) is 4.39 Å². The van der Waals surface area contributed by atoms with Gasteiger partial charge in [-0.05, 0) is 36.1 Å². The Morgan fingerprint density at radius 1 is 1.45 bits per heavy atom. The highest BCUT2D eigenvalue weighted by Gasteiger charge is 2.25. The Bertz CT molecular complexity index is 610. The van der Waals surface area contributed by atoms with E-state index in [2.05, 4.69) is 10.4 Å². The molecule has 4 nitrogen and oxygen atoms in total. The van der Waals surface area contributed by atoms with E-state index in [-0.39, 0.29) is 17.8 Å². The predicted molar refractivity (Wildman–Crippen MR) is 72.4 cm³/mol. The second-order valence-electron chi connectivity index (χ2n) is 4.99. The molecule has 3 rings (SSSR count). The van der Waals surface area contributed by atoms with Gasteiger partial charge in [-0.15, -0.1) is 0 Å². The van der Waals surface area contributed by atoms with E-state index in [1.54, 1.807) is 16.9 Å². The summed E-state index contributed by atoms with van der Waals surface area (Å²) in [5, 5.41) is 7.03. The molecule has 1 unspecified atom stereocenters. The second kappa shape index (κ2) is 5.45. The van der Waals surface area contributed by atoms with Crippen LogP contribution in [0.1, 0.15) is 30.0 Å². The average Bonchev–Trinajstić information content (AvgIpc) is 3.07. The van der Waals surface area contributed by atoms with Crippen LogP contribution < -0.4 is 5.32 Å². The molecule has 1 heterocycles. The quantitative estimate of drug-likeness (QED) is 0.928. The molecule has 1 aliphatic carbocycles. The van der Waals surface area contributed by atoms with Gasteiger partial charge in [-0.1, -0.05) is 12.1 Å². The number of rotatable bonds is 4. The van der Waals surface area contributed by atoms with Crippen molar-refractivity contribution in [2.75, 3.05) is 0 Å². The van der Waals surface area contributed by atoms with E-state index < -0.39 is 0 Å². The molecule has 0 saturated carbocycles. The minimum atomic E-state index is -0.171. The highest BCUT2D eigenvalue weighted by atomic mass is 19.1. The van der Waals surface area contributed by atoms with Crippen LogP contribution in [0.2, 0.25) is 0 Å². The zero-order valence-electron chi connectivity index (χ0n) is 11.1. The van der Waals surface area contributed by atoms with Gasteiger partial charge in [-0.25, -0.2) is 4.39 Å². The number of amides is 1. The molecule has 0 aliphatic heterocycles. The van der Waals surface area contributed by atoms with Gasteiger partial charge in [0.25, 0.3) is 0 Å². The third-order valence-corrected chi connectivity index (χ3v) is 3.68. The van der Waals surface area contributed by atoms with E-state index in [0.717, 1.165) is 17.5 Å². The number of nitrogens with zero attached hydrogens (tertiary/aromatic N) is 2. The van der Waals surface area contributed by atoms with E-state index in [0.29, 0.717) is 19.4 Å². The number of hydrogen-bond donors (Lipinski definition) is 1. The van der Waals surface area contributed by atoms with Crippen LogP contribution in [0.15, 0.2) is 36.7 Å². The molecule has 0 fully saturated rings. The van der Waals surface area contributed by atoms with Gasteiger partial charge in [0, 0.05) is 25.4 Å². The highest BCUT2D eigenvalue weighted by Crippen LogP contribution is 2.32. The summed E-state index contributed by atoms with van der Waals surface area (Å²) in [6.45, 7) is 0.557. The predicted octanol–water partition coefficient (Wildman–Crippen LogP) is 2.22. The second-order valence-corrected chi connectivity index (χ2v) is 4.99. The summed E-state index contributed by atoms with van der Waals surface area (Å²) in [6, 6.07) is 6.83. The minimum Gasteiger partial charge on any atom is -0.349 e. The average molecular weight is 273 g/mol. The molecule has 2 aromatic rings. The first-order chi connectivity index (χ1) is 9.74. The standard InChI is InChI=1S/C15H16FN3O/c16-13-4-1-3-12-11(13)5-6-14(12)18-15(20)7-10-19-9-2-8-17-19/h1-4,8-9,14H,5-7,10H2,(H,18,20). The summed E-state index contributed by atoms with van der Waals surface area (Å²) in [4.78, 5) is 11.9. The molecule has 20 heavy (non-hydrogen) atoms. The molecule has 0 bridgehead atoms. The first-order valence-corrected chi connectivity index (χ1v) is 6.78. The van der Waals surface area contributed by atoms with Crippen molar-refractivity contribution in [1.82, 2.24) is 15.1 Å². The lowest BCUT2D eigenvalue weighted by Gasteiger charge is -2.14. The molecule has 1 amide bonds. The van der Waals surface area contributed by atoms with Gasteiger partial charge in [-0.2, -0.15) is 5.10 Å². The molecule has 104 valence electrons. The lowest BCUT2D eigenvalue weighted by molar-refractivity contribution is -0.122. The zero-order valence-corrected chi connectivity index (χ0v) is 11.1. The summed E-state index contributed by atoms with van der Waals surface area (Å²) in [5.41, 5.74) is 1.65. The molecule has 1 aromatic carbocycles. The van der Waals surface area contributed by atoms with E-state index in [1.165, 1.54) is 6.07 Å². The van der Waals surface area contributed by atoms with E-state index in [1.807, 2.05) is 18.3 Å². The summed E-state index contributed by atoms with van der Waals surface area (Å²) < 4.78 is 15.3. The monoisotopic (exact) mass is 273 g/mol. The third-order valence-electron chi connectivity index (χ3n) is 3.68. The van der Waals surface area contributed by atoms with Gasteiger partial charge in [-0.3, -0.25) is 9.48 Å². The fraction of sp³-hybridized carbons (Fsp3) is 0.333. The lowest BCUT2D eigenvalue weighted by atomic mass is 10.1. The van der Waals surface area contributed by atoms with Gasteiger partial charge in [0.1, 0.15) is 5.82 Å². The van der Waals surface area contributed by atoms with Crippen LogP contribution >= 0.6 is 0 Å². The van der Waals surface area contributed by atoms with E-state index in [9.17, 15) is 9.18 Å². The molecule has 0 saturated heterocycles. The van der Waals surface area contributed by atoms with Gasteiger partial charge in [0.05, 0.1) is 6.04 Å². The Morgan fingerprint density at radius 3 is 3.15 bits per heavy atom.